The van der Waals surface area contributed by atoms with E-state index in [0.29, 0.717) is 5.69 Å². The fraction of sp³-hybridized carbons (Fsp3) is 0.400. The first-order chi connectivity index (χ1) is 10.5. The molecule has 2 aromatic rings. The van der Waals surface area contributed by atoms with Gasteiger partial charge in [0.05, 0.1) is 11.3 Å². The third kappa shape index (κ3) is 3.41. The van der Waals surface area contributed by atoms with Gasteiger partial charge in [-0.05, 0) is 44.1 Å². The summed E-state index contributed by atoms with van der Waals surface area (Å²) in [5.41, 5.74) is -0.395. The van der Waals surface area contributed by atoms with E-state index in [1.807, 2.05) is 0 Å². The molecule has 7 heteroatoms. The zero-order chi connectivity index (χ0) is 15.6. The summed E-state index contributed by atoms with van der Waals surface area (Å²) in [5, 5.41) is 7.18. The van der Waals surface area contributed by atoms with Gasteiger partial charge in [0, 0.05) is 18.5 Å². The van der Waals surface area contributed by atoms with Gasteiger partial charge in [0.1, 0.15) is 11.9 Å². The Morgan fingerprint density at radius 1 is 1.18 bits per heavy atom. The topological polar surface area (TPSA) is 39.1 Å². The summed E-state index contributed by atoms with van der Waals surface area (Å²) >= 11 is 0. The van der Waals surface area contributed by atoms with E-state index >= 15 is 0 Å². The zero-order valence-electron chi connectivity index (χ0n) is 11.8. The Labute approximate surface area is 125 Å². The third-order valence-electron chi connectivity index (χ3n) is 3.58. The summed E-state index contributed by atoms with van der Waals surface area (Å²) in [4.78, 5) is 0. The van der Waals surface area contributed by atoms with E-state index in [4.69, 9.17) is 4.74 Å². The largest absolute Gasteiger partial charge is 0.490 e. The lowest BCUT2D eigenvalue weighted by Gasteiger charge is -2.24. The maximum Gasteiger partial charge on any atom is 0.416 e. The van der Waals surface area contributed by atoms with Crippen LogP contribution in [0.3, 0.4) is 0 Å². The molecule has 1 aromatic heterocycles. The molecular weight excluding hydrogens is 295 g/mol. The van der Waals surface area contributed by atoms with Crippen molar-refractivity contribution in [2.24, 2.45) is 0 Å². The molecule has 1 aliphatic heterocycles. The number of alkyl halides is 3. The molecular formula is C15H16F3N3O. The van der Waals surface area contributed by atoms with Gasteiger partial charge < -0.3 is 10.1 Å². The summed E-state index contributed by atoms with van der Waals surface area (Å²) in [6.07, 6.45) is 0.211. The smallest absolute Gasteiger partial charge is 0.416 e. The number of aromatic nitrogens is 2. The molecule has 0 spiro atoms. The summed E-state index contributed by atoms with van der Waals surface area (Å²) in [6.45, 7) is 1.63. The number of rotatable bonds is 3. The predicted molar refractivity (Wildman–Crippen MR) is 75.1 cm³/mol. The van der Waals surface area contributed by atoms with Crippen LogP contribution < -0.4 is 10.1 Å². The third-order valence-corrected chi connectivity index (χ3v) is 3.58. The lowest BCUT2D eigenvalue weighted by molar-refractivity contribution is -0.137. The van der Waals surface area contributed by atoms with Crippen LogP contribution in [0.25, 0.3) is 5.69 Å². The fourth-order valence-corrected chi connectivity index (χ4v) is 2.47. The molecule has 1 aliphatic rings. The quantitative estimate of drug-likeness (QED) is 0.947. The van der Waals surface area contributed by atoms with Crippen molar-refractivity contribution in [2.75, 3.05) is 13.1 Å². The molecule has 0 bridgehead atoms. The molecule has 1 saturated heterocycles. The average molecular weight is 311 g/mol. The van der Waals surface area contributed by atoms with E-state index in [2.05, 4.69) is 10.4 Å². The van der Waals surface area contributed by atoms with Gasteiger partial charge in [-0.3, -0.25) is 0 Å². The fourth-order valence-electron chi connectivity index (χ4n) is 2.47. The highest BCUT2D eigenvalue weighted by molar-refractivity contribution is 5.44. The summed E-state index contributed by atoms with van der Waals surface area (Å²) in [5.74, 6) is 0.229. The molecule has 0 saturated carbocycles. The van der Waals surface area contributed by atoms with E-state index < -0.39 is 11.7 Å². The number of benzene rings is 1. The second-order valence-electron chi connectivity index (χ2n) is 5.23. The Morgan fingerprint density at radius 2 is 1.95 bits per heavy atom. The molecule has 118 valence electrons. The number of ether oxygens (including phenoxy) is 1. The Bertz CT molecular complexity index is 619. The van der Waals surface area contributed by atoms with Crippen LogP contribution in [0.4, 0.5) is 13.2 Å². The molecule has 3 rings (SSSR count). The van der Waals surface area contributed by atoms with Crippen molar-refractivity contribution in [3.8, 4) is 11.4 Å². The van der Waals surface area contributed by atoms with Crippen LogP contribution in [-0.2, 0) is 6.18 Å². The van der Waals surface area contributed by atoms with Crippen LogP contribution in [0.1, 0.15) is 18.4 Å². The monoisotopic (exact) mass is 311 g/mol. The van der Waals surface area contributed by atoms with Gasteiger partial charge in [-0.2, -0.15) is 18.3 Å². The van der Waals surface area contributed by atoms with E-state index in [0.717, 1.165) is 38.1 Å². The van der Waals surface area contributed by atoms with Crippen LogP contribution in [0.15, 0.2) is 36.7 Å². The standard InChI is InChI=1S/C15H16F3N3O/c16-15(17,18)11-8-12(21-7-1-4-20-21)10-14(9-11)22-13-2-5-19-6-3-13/h1,4,7-10,13,19H,2-3,5-6H2. The minimum atomic E-state index is -4.42. The molecule has 1 fully saturated rings. The van der Waals surface area contributed by atoms with Gasteiger partial charge in [-0.15, -0.1) is 0 Å². The number of piperidine rings is 1. The highest BCUT2D eigenvalue weighted by atomic mass is 19.4. The minimum Gasteiger partial charge on any atom is -0.490 e. The molecule has 0 unspecified atom stereocenters. The van der Waals surface area contributed by atoms with Crippen molar-refractivity contribution in [3.05, 3.63) is 42.2 Å². The first-order valence-electron chi connectivity index (χ1n) is 7.12. The lowest BCUT2D eigenvalue weighted by atomic mass is 10.1. The van der Waals surface area contributed by atoms with E-state index in [1.165, 1.54) is 10.9 Å². The van der Waals surface area contributed by atoms with Gasteiger partial charge in [-0.25, -0.2) is 4.68 Å². The van der Waals surface area contributed by atoms with Crippen molar-refractivity contribution < 1.29 is 17.9 Å². The zero-order valence-corrected chi connectivity index (χ0v) is 11.8. The molecule has 1 aromatic carbocycles. The average Bonchev–Trinajstić information content (AvgIpc) is 3.01. The summed E-state index contributed by atoms with van der Waals surface area (Å²) < 4.78 is 46.4. The Balaban J connectivity index is 1.92. The molecule has 0 atom stereocenters. The number of halogens is 3. The van der Waals surface area contributed by atoms with Crippen LogP contribution in [0.2, 0.25) is 0 Å². The molecule has 0 aliphatic carbocycles. The lowest BCUT2D eigenvalue weighted by Crippen LogP contribution is -2.34. The van der Waals surface area contributed by atoms with Crippen LogP contribution in [0.5, 0.6) is 5.75 Å². The van der Waals surface area contributed by atoms with E-state index in [1.54, 1.807) is 18.3 Å². The van der Waals surface area contributed by atoms with Gasteiger partial charge in [-0.1, -0.05) is 0 Å². The number of hydrogen-bond acceptors (Lipinski definition) is 3. The van der Waals surface area contributed by atoms with Gasteiger partial charge in [0.15, 0.2) is 0 Å². The summed E-state index contributed by atoms with van der Waals surface area (Å²) in [6, 6.07) is 5.37. The second-order valence-corrected chi connectivity index (χ2v) is 5.23. The Hall–Kier alpha value is -2.02. The molecule has 22 heavy (non-hydrogen) atoms. The molecule has 0 amide bonds. The normalized spacial score (nSPS) is 16.7. The SMILES string of the molecule is FC(F)(F)c1cc(OC2CCNCC2)cc(-n2cccn2)c1. The highest BCUT2D eigenvalue weighted by Crippen LogP contribution is 2.34. The molecule has 4 nitrogen and oxygen atoms in total. The van der Waals surface area contributed by atoms with Crippen molar-refractivity contribution in [1.29, 1.82) is 0 Å². The molecule has 2 heterocycles. The predicted octanol–water partition coefficient (Wildman–Crippen LogP) is 3.02. The first-order valence-corrected chi connectivity index (χ1v) is 7.12. The van der Waals surface area contributed by atoms with Crippen molar-refractivity contribution >= 4 is 0 Å². The number of nitrogens with one attached hydrogen (secondary N) is 1. The van der Waals surface area contributed by atoms with Crippen molar-refractivity contribution in [2.45, 2.75) is 25.1 Å². The second kappa shape index (κ2) is 6.00. The van der Waals surface area contributed by atoms with E-state index in [-0.39, 0.29) is 11.9 Å². The van der Waals surface area contributed by atoms with Gasteiger partial charge >= 0.3 is 6.18 Å². The van der Waals surface area contributed by atoms with Crippen LogP contribution >= 0.6 is 0 Å². The van der Waals surface area contributed by atoms with Crippen molar-refractivity contribution in [3.63, 3.8) is 0 Å². The first kappa shape index (κ1) is 14.9. The highest BCUT2D eigenvalue weighted by Gasteiger charge is 2.32. The maximum absolute atomic E-state index is 13.1. The minimum absolute atomic E-state index is 0.0600. The Kier molecular flexibility index (Phi) is 4.06. The Morgan fingerprint density at radius 3 is 2.59 bits per heavy atom. The maximum atomic E-state index is 13.1. The molecule has 0 radical (unpaired) electrons. The van der Waals surface area contributed by atoms with Crippen LogP contribution in [0, 0.1) is 0 Å². The summed E-state index contributed by atoms with van der Waals surface area (Å²) in [7, 11) is 0. The van der Waals surface area contributed by atoms with E-state index in [9.17, 15) is 13.2 Å². The van der Waals surface area contributed by atoms with Crippen molar-refractivity contribution in [1.82, 2.24) is 15.1 Å². The van der Waals surface area contributed by atoms with Crippen LogP contribution in [-0.4, -0.2) is 29.0 Å². The molecule has 1 N–H and O–H groups in total. The van der Waals surface area contributed by atoms with Gasteiger partial charge in [0.25, 0.3) is 0 Å². The number of nitrogens with zero attached hydrogens (tertiary/aromatic N) is 2. The van der Waals surface area contributed by atoms with Gasteiger partial charge in [0.2, 0.25) is 0 Å². The number of hydrogen-bond donors (Lipinski definition) is 1.